The Labute approximate surface area is 104 Å². The average Bonchev–Trinajstić information content (AvgIpc) is 2.41. The highest BCUT2D eigenvalue weighted by Crippen LogP contribution is 2.23. The molecule has 0 aliphatic rings. The van der Waals surface area contributed by atoms with Crippen LogP contribution in [0.5, 0.6) is 5.75 Å². The number of nitrogens with zero attached hydrogens (tertiary/aromatic N) is 2. The summed E-state index contributed by atoms with van der Waals surface area (Å²) in [6, 6.07) is 7.20. The van der Waals surface area contributed by atoms with Crippen LogP contribution in [-0.4, -0.2) is 17.1 Å². The number of hydrogen-bond donors (Lipinski definition) is 2. The summed E-state index contributed by atoms with van der Waals surface area (Å²) in [4.78, 5) is 8.11. The van der Waals surface area contributed by atoms with Gasteiger partial charge in [0.15, 0.2) is 17.5 Å². The van der Waals surface area contributed by atoms with Crippen LogP contribution >= 0.6 is 0 Å². The molecular formula is C12H13FN4O. The Morgan fingerprint density at radius 2 is 2.11 bits per heavy atom. The molecule has 0 saturated carbocycles. The van der Waals surface area contributed by atoms with Crippen molar-refractivity contribution in [2.75, 3.05) is 12.5 Å². The fraction of sp³-hybridized carbons (Fsp3) is 0.167. The quantitative estimate of drug-likeness (QED) is 0.641. The van der Waals surface area contributed by atoms with Gasteiger partial charge in [0.05, 0.1) is 12.8 Å². The molecule has 0 fully saturated rings. The van der Waals surface area contributed by atoms with Crippen molar-refractivity contribution in [3.05, 3.63) is 35.8 Å². The number of aromatic nitrogens is 2. The summed E-state index contributed by atoms with van der Waals surface area (Å²) in [5, 5.41) is 0. The van der Waals surface area contributed by atoms with Gasteiger partial charge in [0.25, 0.3) is 0 Å². The lowest BCUT2D eigenvalue weighted by Gasteiger charge is -2.08. The van der Waals surface area contributed by atoms with E-state index in [1.165, 1.54) is 0 Å². The summed E-state index contributed by atoms with van der Waals surface area (Å²) < 4.78 is 18.7. The average molecular weight is 248 g/mol. The van der Waals surface area contributed by atoms with Crippen LogP contribution in [0.4, 0.5) is 10.2 Å². The van der Waals surface area contributed by atoms with Crippen molar-refractivity contribution in [2.24, 2.45) is 5.84 Å². The van der Waals surface area contributed by atoms with E-state index < -0.39 is 5.82 Å². The van der Waals surface area contributed by atoms with Gasteiger partial charge in [0.2, 0.25) is 0 Å². The lowest BCUT2D eigenvalue weighted by atomic mass is 10.2. The van der Waals surface area contributed by atoms with Crippen LogP contribution in [0.15, 0.2) is 24.3 Å². The summed E-state index contributed by atoms with van der Waals surface area (Å²) in [6.45, 7) is 1.56. The highest BCUT2D eigenvalue weighted by atomic mass is 19.1. The largest absolute Gasteiger partial charge is 0.497 e. The molecule has 0 aliphatic heterocycles. The third-order valence-electron chi connectivity index (χ3n) is 2.48. The normalized spacial score (nSPS) is 10.2. The lowest BCUT2D eigenvalue weighted by molar-refractivity contribution is 0.415. The van der Waals surface area contributed by atoms with Gasteiger partial charge in [-0.1, -0.05) is 12.1 Å². The summed E-state index contributed by atoms with van der Waals surface area (Å²) in [6.07, 6.45) is 0. The van der Waals surface area contributed by atoms with Gasteiger partial charge in [-0.25, -0.2) is 20.2 Å². The second kappa shape index (κ2) is 4.97. The Morgan fingerprint density at radius 1 is 1.33 bits per heavy atom. The van der Waals surface area contributed by atoms with E-state index in [2.05, 4.69) is 15.4 Å². The molecule has 1 aromatic carbocycles. The molecule has 0 amide bonds. The second-order valence-corrected chi connectivity index (χ2v) is 3.67. The molecule has 0 atom stereocenters. The smallest absolute Gasteiger partial charge is 0.187 e. The van der Waals surface area contributed by atoms with Gasteiger partial charge >= 0.3 is 0 Å². The van der Waals surface area contributed by atoms with E-state index in [9.17, 15) is 4.39 Å². The Hall–Kier alpha value is -2.21. The monoisotopic (exact) mass is 248 g/mol. The van der Waals surface area contributed by atoms with Crippen LogP contribution in [0.25, 0.3) is 11.4 Å². The van der Waals surface area contributed by atoms with Crippen molar-refractivity contribution in [1.82, 2.24) is 9.97 Å². The minimum Gasteiger partial charge on any atom is -0.497 e. The first-order chi connectivity index (χ1) is 8.65. The van der Waals surface area contributed by atoms with E-state index in [1.807, 2.05) is 18.2 Å². The summed E-state index contributed by atoms with van der Waals surface area (Å²) in [5.41, 5.74) is 3.18. The predicted octanol–water partition coefficient (Wildman–Crippen LogP) is 1.89. The molecule has 2 aromatic rings. The number of nitrogens with one attached hydrogen (secondary N) is 1. The first-order valence-electron chi connectivity index (χ1n) is 5.31. The molecule has 3 N–H and O–H groups in total. The van der Waals surface area contributed by atoms with E-state index in [1.54, 1.807) is 20.1 Å². The van der Waals surface area contributed by atoms with E-state index in [0.717, 1.165) is 5.56 Å². The van der Waals surface area contributed by atoms with Gasteiger partial charge in [0.1, 0.15) is 5.75 Å². The number of hydrazine groups is 1. The molecular weight excluding hydrogens is 235 g/mol. The number of anilines is 1. The molecule has 1 heterocycles. The molecule has 0 spiro atoms. The molecule has 0 saturated heterocycles. The molecule has 2 rings (SSSR count). The number of benzene rings is 1. The molecule has 6 heteroatoms. The van der Waals surface area contributed by atoms with Crippen molar-refractivity contribution in [1.29, 1.82) is 0 Å². The summed E-state index contributed by atoms with van der Waals surface area (Å²) >= 11 is 0. The van der Waals surface area contributed by atoms with Crippen molar-refractivity contribution in [3.8, 4) is 17.1 Å². The summed E-state index contributed by atoms with van der Waals surface area (Å²) in [7, 11) is 1.57. The molecule has 0 unspecified atom stereocenters. The SMILES string of the molecule is COc1cccc(-c2nc(C)c(F)c(NN)n2)c1. The highest BCUT2D eigenvalue weighted by Gasteiger charge is 2.12. The fourth-order valence-corrected chi connectivity index (χ4v) is 1.55. The topological polar surface area (TPSA) is 73.1 Å². The van der Waals surface area contributed by atoms with Crippen molar-refractivity contribution < 1.29 is 9.13 Å². The lowest BCUT2D eigenvalue weighted by Crippen LogP contribution is -2.13. The Morgan fingerprint density at radius 3 is 2.78 bits per heavy atom. The van der Waals surface area contributed by atoms with Gasteiger partial charge in [-0.3, -0.25) is 0 Å². The first kappa shape index (κ1) is 12.3. The maximum Gasteiger partial charge on any atom is 0.187 e. The van der Waals surface area contributed by atoms with Gasteiger partial charge < -0.3 is 10.2 Å². The molecule has 0 bridgehead atoms. The van der Waals surface area contributed by atoms with Crippen molar-refractivity contribution in [2.45, 2.75) is 6.92 Å². The third-order valence-corrected chi connectivity index (χ3v) is 2.48. The number of nitrogen functional groups attached to an aromatic ring is 1. The predicted molar refractivity (Wildman–Crippen MR) is 66.5 cm³/mol. The van der Waals surface area contributed by atoms with Crippen LogP contribution in [0, 0.1) is 12.7 Å². The number of hydrogen-bond acceptors (Lipinski definition) is 5. The Balaban J connectivity index is 2.53. The number of methoxy groups -OCH3 is 1. The minimum atomic E-state index is -0.552. The maximum atomic E-state index is 13.6. The third kappa shape index (κ3) is 2.23. The Bertz CT molecular complexity index is 574. The van der Waals surface area contributed by atoms with Gasteiger partial charge in [-0.2, -0.15) is 0 Å². The molecule has 94 valence electrons. The van der Waals surface area contributed by atoms with E-state index in [-0.39, 0.29) is 11.5 Å². The number of aryl methyl sites for hydroxylation is 1. The molecule has 5 nitrogen and oxygen atoms in total. The second-order valence-electron chi connectivity index (χ2n) is 3.67. The maximum absolute atomic E-state index is 13.6. The van der Waals surface area contributed by atoms with E-state index in [4.69, 9.17) is 10.6 Å². The molecule has 0 radical (unpaired) electrons. The minimum absolute atomic E-state index is 0.0275. The van der Waals surface area contributed by atoms with Crippen molar-refractivity contribution in [3.63, 3.8) is 0 Å². The van der Waals surface area contributed by atoms with Gasteiger partial charge in [0, 0.05) is 5.56 Å². The number of ether oxygens (including phenoxy) is 1. The first-order valence-corrected chi connectivity index (χ1v) is 5.31. The molecule has 18 heavy (non-hydrogen) atoms. The number of nitrogens with two attached hydrogens (primary N) is 1. The van der Waals surface area contributed by atoms with Crippen LogP contribution in [-0.2, 0) is 0 Å². The van der Waals surface area contributed by atoms with Crippen molar-refractivity contribution >= 4 is 5.82 Å². The van der Waals surface area contributed by atoms with Gasteiger partial charge in [-0.15, -0.1) is 0 Å². The fourth-order valence-electron chi connectivity index (χ4n) is 1.55. The molecule has 1 aromatic heterocycles. The van der Waals surface area contributed by atoms with Gasteiger partial charge in [-0.05, 0) is 19.1 Å². The number of rotatable bonds is 3. The zero-order valence-corrected chi connectivity index (χ0v) is 10.1. The van der Waals surface area contributed by atoms with Crippen LogP contribution in [0.3, 0.4) is 0 Å². The van der Waals surface area contributed by atoms with Crippen LogP contribution in [0.1, 0.15) is 5.69 Å². The Kier molecular flexibility index (Phi) is 3.38. The zero-order valence-electron chi connectivity index (χ0n) is 10.1. The van der Waals surface area contributed by atoms with E-state index >= 15 is 0 Å². The highest BCUT2D eigenvalue weighted by molar-refractivity contribution is 5.59. The molecule has 0 aliphatic carbocycles. The van der Waals surface area contributed by atoms with Crippen LogP contribution in [0.2, 0.25) is 0 Å². The summed E-state index contributed by atoms with van der Waals surface area (Å²) in [5.74, 6) is 5.71. The van der Waals surface area contributed by atoms with Crippen LogP contribution < -0.4 is 16.0 Å². The standard InChI is InChI=1S/C12H13FN4O/c1-7-10(13)12(17-14)16-11(15-7)8-4-3-5-9(6-8)18-2/h3-6H,14H2,1-2H3,(H,15,16,17). The zero-order chi connectivity index (χ0) is 13.1. The van der Waals surface area contributed by atoms with E-state index in [0.29, 0.717) is 11.6 Å². The number of halogens is 1.